The van der Waals surface area contributed by atoms with E-state index in [0.29, 0.717) is 47.7 Å². The number of carbonyl (C=O) groups is 3. The van der Waals surface area contributed by atoms with Crippen LogP contribution in [0.5, 0.6) is 0 Å². The van der Waals surface area contributed by atoms with E-state index >= 15 is 0 Å². The molecular formula is C34H24Cl4N4O3S2. The first-order valence-corrected chi connectivity index (χ1v) is 17.2. The molecule has 0 radical (unpaired) electrons. The summed E-state index contributed by atoms with van der Waals surface area (Å²) in [6.07, 6.45) is 1.48. The SMILES string of the molecule is CC(Sc1ccc(NC(=O)/C(=C/c2ccc(Cl)cc2Cl)NC(=O)c2ccccc2)cc1)C(=O)Nc1nc(-c2ccc(Cl)cc2Cl)cs1. The fourth-order valence-electron chi connectivity index (χ4n) is 4.15. The summed E-state index contributed by atoms with van der Waals surface area (Å²) in [5.41, 5.74) is 2.70. The topological polar surface area (TPSA) is 100 Å². The third-order valence-electron chi connectivity index (χ3n) is 6.53. The molecule has 1 aromatic heterocycles. The van der Waals surface area contributed by atoms with Gasteiger partial charge in [0.25, 0.3) is 11.8 Å². The lowest BCUT2D eigenvalue weighted by Gasteiger charge is -2.13. The number of thioether (sulfide) groups is 1. The molecule has 7 nitrogen and oxygen atoms in total. The second-order valence-electron chi connectivity index (χ2n) is 9.93. The highest BCUT2D eigenvalue weighted by Gasteiger charge is 2.19. The molecule has 0 aliphatic carbocycles. The molecule has 5 aromatic rings. The van der Waals surface area contributed by atoms with Gasteiger partial charge in [0.05, 0.1) is 16.0 Å². The number of rotatable bonds is 10. The maximum atomic E-state index is 13.4. The van der Waals surface area contributed by atoms with Crippen LogP contribution in [0, 0.1) is 0 Å². The molecular weight excluding hydrogens is 718 g/mol. The van der Waals surface area contributed by atoms with Crippen molar-refractivity contribution in [1.82, 2.24) is 10.3 Å². The lowest BCUT2D eigenvalue weighted by molar-refractivity contribution is -0.115. The van der Waals surface area contributed by atoms with Gasteiger partial charge in [0.1, 0.15) is 5.70 Å². The van der Waals surface area contributed by atoms with Crippen molar-refractivity contribution in [1.29, 1.82) is 0 Å². The van der Waals surface area contributed by atoms with Crippen LogP contribution in [-0.2, 0) is 9.59 Å². The van der Waals surface area contributed by atoms with Gasteiger partial charge in [0.15, 0.2) is 5.13 Å². The minimum absolute atomic E-state index is 0.0181. The van der Waals surface area contributed by atoms with E-state index in [1.54, 1.807) is 97.9 Å². The summed E-state index contributed by atoms with van der Waals surface area (Å²) in [4.78, 5) is 44.5. The summed E-state index contributed by atoms with van der Waals surface area (Å²) in [7, 11) is 0. The second-order valence-corrected chi connectivity index (χ2v) is 13.9. The molecule has 0 saturated heterocycles. The number of benzene rings is 4. The Morgan fingerprint density at radius 3 is 2.19 bits per heavy atom. The van der Waals surface area contributed by atoms with E-state index in [1.165, 1.54) is 29.2 Å². The van der Waals surface area contributed by atoms with Crippen LogP contribution in [0.2, 0.25) is 20.1 Å². The molecule has 3 amide bonds. The number of hydrogen-bond acceptors (Lipinski definition) is 6. The predicted octanol–water partition coefficient (Wildman–Crippen LogP) is 9.95. The lowest BCUT2D eigenvalue weighted by Crippen LogP contribution is -2.30. The first-order chi connectivity index (χ1) is 22.5. The summed E-state index contributed by atoms with van der Waals surface area (Å²) in [6.45, 7) is 1.79. The summed E-state index contributed by atoms with van der Waals surface area (Å²) in [5.74, 6) is -1.24. The summed E-state index contributed by atoms with van der Waals surface area (Å²) < 4.78 is 0. The van der Waals surface area contributed by atoms with E-state index in [9.17, 15) is 14.4 Å². The molecule has 13 heteroatoms. The molecule has 238 valence electrons. The number of nitrogens with zero attached hydrogens (tertiary/aromatic N) is 1. The molecule has 3 N–H and O–H groups in total. The van der Waals surface area contributed by atoms with Gasteiger partial charge in [0.2, 0.25) is 5.91 Å². The molecule has 1 atom stereocenters. The first-order valence-electron chi connectivity index (χ1n) is 13.9. The van der Waals surface area contributed by atoms with Crippen LogP contribution in [0.1, 0.15) is 22.8 Å². The number of carbonyl (C=O) groups excluding carboxylic acids is 3. The Hall–Kier alpha value is -3.83. The third-order valence-corrected chi connectivity index (χ3v) is 9.51. The van der Waals surface area contributed by atoms with Crippen LogP contribution in [0.25, 0.3) is 17.3 Å². The molecule has 47 heavy (non-hydrogen) atoms. The minimum atomic E-state index is -0.559. The number of anilines is 2. The number of nitrogens with one attached hydrogen (secondary N) is 3. The fourth-order valence-corrected chi connectivity index (χ4v) is 6.70. The number of halogens is 4. The van der Waals surface area contributed by atoms with Gasteiger partial charge in [-0.05, 0) is 85.3 Å². The maximum absolute atomic E-state index is 13.4. The van der Waals surface area contributed by atoms with Crippen LogP contribution in [0.4, 0.5) is 10.8 Å². The van der Waals surface area contributed by atoms with Crippen molar-refractivity contribution in [2.45, 2.75) is 17.1 Å². The Bertz CT molecular complexity index is 1970. The monoisotopic (exact) mass is 740 g/mol. The van der Waals surface area contributed by atoms with Gasteiger partial charge >= 0.3 is 0 Å². The van der Waals surface area contributed by atoms with E-state index in [0.717, 1.165) is 10.5 Å². The van der Waals surface area contributed by atoms with Crippen molar-refractivity contribution in [3.63, 3.8) is 0 Å². The fraction of sp³-hybridized carbons (Fsp3) is 0.0588. The Labute approximate surface area is 299 Å². The summed E-state index contributed by atoms with van der Waals surface area (Å²) in [6, 6.07) is 25.5. The van der Waals surface area contributed by atoms with Crippen LogP contribution >= 0.6 is 69.5 Å². The third kappa shape index (κ3) is 9.38. The van der Waals surface area contributed by atoms with Gasteiger partial charge in [-0.25, -0.2) is 4.98 Å². The Balaban J connectivity index is 1.23. The quantitative estimate of drug-likeness (QED) is 0.0978. The predicted molar refractivity (Wildman–Crippen MR) is 195 cm³/mol. The lowest BCUT2D eigenvalue weighted by atomic mass is 10.1. The highest BCUT2D eigenvalue weighted by molar-refractivity contribution is 8.00. The maximum Gasteiger partial charge on any atom is 0.272 e. The van der Waals surface area contributed by atoms with E-state index in [4.69, 9.17) is 46.4 Å². The van der Waals surface area contributed by atoms with Crippen molar-refractivity contribution in [3.05, 3.63) is 133 Å². The highest BCUT2D eigenvalue weighted by Crippen LogP contribution is 2.33. The zero-order valence-electron chi connectivity index (χ0n) is 24.4. The van der Waals surface area contributed by atoms with Crippen LogP contribution in [-0.4, -0.2) is 28.0 Å². The molecule has 0 aliphatic heterocycles. The van der Waals surface area contributed by atoms with Crippen LogP contribution < -0.4 is 16.0 Å². The van der Waals surface area contributed by atoms with E-state index in [-0.39, 0.29) is 11.6 Å². The molecule has 4 aromatic carbocycles. The number of aromatic nitrogens is 1. The standard InChI is InChI=1S/C34H24Cl4N4O3S2/c1-19(31(43)42-34-41-30(18-46-34)26-14-9-23(36)17-28(26)38)47-25-12-10-24(11-13-25)39-33(45)29(15-21-7-8-22(35)16-27(21)37)40-32(44)20-5-3-2-4-6-20/h2-19H,1H3,(H,39,45)(H,40,44)(H,41,42,43)/b29-15-. The minimum Gasteiger partial charge on any atom is -0.321 e. The Kier molecular flexibility index (Phi) is 11.6. The van der Waals surface area contributed by atoms with Crippen molar-refractivity contribution < 1.29 is 14.4 Å². The van der Waals surface area contributed by atoms with Gasteiger partial charge in [-0.3, -0.25) is 14.4 Å². The zero-order valence-corrected chi connectivity index (χ0v) is 29.0. The molecule has 0 spiro atoms. The number of thiazole rings is 1. The molecule has 0 fully saturated rings. The van der Waals surface area contributed by atoms with Gasteiger partial charge in [0, 0.05) is 42.2 Å². The Morgan fingerprint density at radius 2 is 1.51 bits per heavy atom. The van der Waals surface area contributed by atoms with Crippen molar-refractivity contribution in [3.8, 4) is 11.3 Å². The average molecular weight is 743 g/mol. The average Bonchev–Trinajstić information content (AvgIpc) is 3.51. The normalized spacial score (nSPS) is 11.9. The van der Waals surface area contributed by atoms with Crippen LogP contribution in [0.15, 0.2) is 107 Å². The van der Waals surface area contributed by atoms with E-state index in [2.05, 4.69) is 20.9 Å². The van der Waals surface area contributed by atoms with E-state index < -0.39 is 17.1 Å². The zero-order chi connectivity index (χ0) is 33.5. The Morgan fingerprint density at radius 1 is 0.830 bits per heavy atom. The summed E-state index contributed by atoms with van der Waals surface area (Å²) >= 11 is 27.3. The van der Waals surface area contributed by atoms with Crippen molar-refractivity contribution in [2.24, 2.45) is 0 Å². The number of amides is 3. The second kappa shape index (κ2) is 15.8. The largest absolute Gasteiger partial charge is 0.321 e. The van der Waals surface area contributed by atoms with E-state index in [1.807, 2.05) is 5.38 Å². The first kappa shape index (κ1) is 34.5. The van der Waals surface area contributed by atoms with Gasteiger partial charge in [-0.1, -0.05) is 70.7 Å². The van der Waals surface area contributed by atoms with Gasteiger partial charge < -0.3 is 16.0 Å². The molecule has 0 aliphatic rings. The van der Waals surface area contributed by atoms with Gasteiger partial charge in [-0.2, -0.15) is 0 Å². The van der Waals surface area contributed by atoms with Crippen LogP contribution in [0.3, 0.4) is 0 Å². The molecule has 5 rings (SSSR count). The highest BCUT2D eigenvalue weighted by atomic mass is 35.5. The van der Waals surface area contributed by atoms with Crippen molar-refractivity contribution in [2.75, 3.05) is 10.6 Å². The molecule has 1 unspecified atom stereocenters. The molecule has 1 heterocycles. The van der Waals surface area contributed by atoms with Gasteiger partial charge in [-0.15, -0.1) is 23.1 Å². The molecule has 0 saturated carbocycles. The van der Waals surface area contributed by atoms with Crippen molar-refractivity contribution >= 4 is 104 Å². The molecule has 0 bridgehead atoms. The smallest absolute Gasteiger partial charge is 0.272 e. The summed E-state index contributed by atoms with van der Waals surface area (Å²) in [5, 5.41) is 11.9. The number of hydrogen-bond donors (Lipinski definition) is 3.